The van der Waals surface area contributed by atoms with Crippen LogP contribution in [0.1, 0.15) is 38.8 Å². The summed E-state index contributed by atoms with van der Waals surface area (Å²) in [7, 11) is -2.53. The minimum atomic E-state index is -2.53. The average Bonchev–Trinajstić information content (AvgIpc) is 2.96. The second-order valence-corrected chi connectivity index (χ2v) is 13.1. The quantitative estimate of drug-likeness (QED) is 0.206. The van der Waals surface area contributed by atoms with E-state index in [0.29, 0.717) is 0 Å². The summed E-state index contributed by atoms with van der Waals surface area (Å²) in [5, 5.41) is 4.22. The molecule has 0 spiro atoms. The summed E-state index contributed by atoms with van der Waals surface area (Å²) < 4.78 is 0. The zero-order valence-electron chi connectivity index (χ0n) is 22.5. The maximum atomic E-state index is 4.02. The number of benzene rings is 3. The van der Waals surface area contributed by atoms with Gasteiger partial charge >= 0.3 is 21.7 Å². The Morgan fingerprint density at radius 1 is 0.676 bits per heavy atom. The van der Waals surface area contributed by atoms with E-state index in [-0.39, 0.29) is 49.0 Å². The molecule has 176 valence electrons. The van der Waals surface area contributed by atoms with Crippen LogP contribution in [0.5, 0.6) is 0 Å². The number of hydrogen-bond acceptors (Lipinski definition) is 0. The molecule has 0 heterocycles. The van der Waals surface area contributed by atoms with Crippen LogP contribution in [0.2, 0.25) is 5.04 Å². The molecule has 3 aromatic carbocycles. The molecule has 0 amide bonds. The van der Waals surface area contributed by atoms with Gasteiger partial charge in [-0.3, -0.25) is 6.08 Å². The summed E-state index contributed by atoms with van der Waals surface area (Å²) in [6.45, 7) is 13.8. The van der Waals surface area contributed by atoms with Crippen LogP contribution in [0.4, 0.5) is 0 Å². The van der Waals surface area contributed by atoms with Crippen molar-refractivity contribution in [2.24, 2.45) is 0 Å². The third kappa shape index (κ3) is 4.76. The van der Waals surface area contributed by atoms with Crippen LogP contribution in [-0.4, -0.2) is 8.07 Å². The van der Waals surface area contributed by atoms with Gasteiger partial charge in [-0.05, 0) is 29.4 Å². The van der Waals surface area contributed by atoms with Gasteiger partial charge in [0.05, 0.1) is 0 Å². The summed E-state index contributed by atoms with van der Waals surface area (Å²) >= 11 is 0. The monoisotopic (exact) mass is 500 g/mol. The maximum absolute atomic E-state index is 4.02. The Morgan fingerprint density at radius 3 is 1.56 bits per heavy atom. The SMILES string of the molecule is CC1=[C-]C(C)([Si](c2ccccc2)(c2ccccc2)c2cc(C)ccc2C)C(C)=C1C.[CH3-].[CH3-].[CH3-].[Ti+4]. The molecule has 0 N–H and O–H groups in total. The van der Waals surface area contributed by atoms with Crippen LogP contribution in [-0.2, 0) is 21.7 Å². The fourth-order valence-corrected chi connectivity index (χ4v) is 11.7. The van der Waals surface area contributed by atoms with Gasteiger partial charge in [-0.15, -0.1) is 6.92 Å². The molecule has 0 radical (unpaired) electrons. The van der Waals surface area contributed by atoms with Gasteiger partial charge in [0.15, 0.2) is 0 Å². The van der Waals surface area contributed by atoms with Crippen molar-refractivity contribution in [3.05, 3.63) is 135 Å². The summed E-state index contributed by atoms with van der Waals surface area (Å²) in [5.41, 5.74) is 6.84. The van der Waals surface area contributed by atoms with Crippen molar-refractivity contribution < 1.29 is 21.7 Å². The Bertz CT molecular complexity index is 1100. The normalized spacial score (nSPS) is 16.9. The molecule has 0 aliphatic heterocycles. The molecule has 0 nitrogen and oxygen atoms in total. The van der Waals surface area contributed by atoms with E-state index in [1.807, 2.05) is 0 Å². The molecule has 3 aromatic rings. The van der Waals surface area contributed by atoms with E-state index in [1.54, 1.807) is 0 Å². The number of allylic oxidation sites excluding steroid dienone is 4. The standard InChI is InChI=1S/C29H31Si.3CH3.Ti/c1-21-17-18-22(2)28(19-21)30(26-13-9-7-10-14-26,27-15-11-8-12-16-27)29(6)20-23(3)24(4)25(29)5;;;;/h7-19H,1-6H3;3*1H3;/q4*-1;+4. The molecule has 4 rings (SSSR count). The Morgan fingerprint density at radius 2 is 1.15 bits per heavy atom. The first kappa shape index (κ1) is 32.1. The van der Waals surface area contributed by atoms with Crippen molar-refractivity contribution in [3.8, 4) is 0 Å². The molecule has 2 heteroatoms. The van der Waals surface area contributed by atoms with Crippen molar-refractivity contribution in [1.29, 1.82) is 0 Å². The summed E-state index contributed by atoms with van der Waals surface area (Å²) in [4.78, 5) is 0. The van der Waals surface area contributed by atoms with Gasteiger partial charge < -0.3 is 22.3 Å². The third-order valence-electron chi connectivity index (χ3n) is 7.27. The van der Waals surface area contributed by atoms with Crippen LogP contribution in [0, 0.1) is 42.2 Å². The summed E-state index contributed by atoms with van der Waals surface area (Å²) in [6.07, 6.45) is 4.02. The molecule has 0 saturated heterocycles. The Kier molecular flexibility index (Phi) is 11.5. The molecule has 1 aliphatic rings. The molecular weight excluding hydrogens is 460 g/mol. The van der Waals surface area contributed by atoms with Crippen molar-refractivity contribution in [1.82, 2.24) is 0 Å². The fraction of sp³-hybridized carbons (Fsp3) is 0.219. The van der Waals surface area contributed by atoms with E-state index in [2.05, 4.69) is 126 Å². The van der Waals surface area contributed by atoms with E-state index < -0.39 is 8.07 Å². The third-order valence-corrected chi connectivity index (χ3v) is 13.0. The van der Waals surface area contributed by atoms with Gasteiger partial charge in [0, 0.05) is 0 Å². The predicted octanol–water partition coefficient (Wildman–Crippen LogP) is 6.98. The van der Waals surface area contributed by atoms with Gasteiger partial charge in [-0.25, -0.2) is 5.57 Å². The van der Waals surface area contributed by atoms with Crippen molar-refractivity contribution in [2.45, 2.75) is 46.6 Å². The van der Waals surface area contributed by atoms with Crippen molar-refractivity contribution in [2.75, 3.05) is 0 Å². The number of rotatable bonds is 4. The first-order chi connectivity index (χ1) is 14.3. The van der Waals surface area contributed by atoms with Crippen molar-refractivity contribution >= 4 is 23.6 Å². The molecule has 1 atom stereocenters. The molecule has 0 fully saturated rings. The molecule has 0 aromatic heterocycles. The first-order valence-electron chi connectivity index (χ1n) is 10.8. The van der Waals surface area contributed by atoms with E-state index in [9.17, 15) is 0 Å². The topological polar surface area (TPSA) is 0 Å². The maximum Gasteiger partial charge on any atom is 4.00 e. The first-order valence-corrected chi connectivity index (χ1v) is 12.8. The smallest absolute Gasteiger partial charge is 0.358 e. The number of hydrogen-bond donors (Lipinski definition) is 0. The molecule has 0 saturated carbocycles. The summed E-state index contributed by atoms with van der Waals surface area (Å²) in [5.74, 6) is 0. The average molecular weight is 501 g/mol. The Labute approximate surface area is 226 Å². The van der Waals surface area contributed by atoms with Crippen LogP contribution in [0.15, 0.2) is 95.6 Å². The Hall–Kier alpha value is -1.93. The van der Waals surface area contributed by atoms with Gasteiger partial charge in [0.2, 0.25) is 0 Å². The molecule has 34 heavy (non-hydrogen) atoms. The van der Waals surface area contributed by atoms with Crippen LogP contribution in [0.25, 0.3) is 0 Å². The molecule has 0 bridgehead atoms. The van der Waals surface area contributed by atoms with E-state index in [1.165, 1.54) is 43.4 Å². The second-order valence-electron chi connectivity index (χ2n) is 8.93. The van der Waals surface area contributed by atoms with Crippen LogP contribution in [0.3, 0.4) is 0 Å². The predicted molar refractivity (Wildman–Crippen MR) is 152 cm³/mol. The van der Waals surface area contributed by atoms with Crippen LogP contribution >= 0.6 is 0 Å². The van der Waals surface area contributed by atoms with E-state index >= 15 is 0 Å². The Balaban J connectivity index is 0.00000272. The second kappa shape index (κ2) is 12.2. The van der Waals surface area contributed by atoms with Crippen molar-refractivity contribution in [3.63, 3.8) is 0 Å². The van der Waals surface area contributed by atoms with Gasteiger partial charge in [0.25, 0.3) is 0 Å². The van der Waals surface area contributed by atoms with Gasteiger partial charge in [-0.2, -0.15) is 11.1 Å². The minimum absolute atomic E-state index is 0. The number of aryl methyl sites for hydroxylation is 2. The van der Waals surface area contributed by atoms with E-state index in [4.69, 9.17) is 0 Å². The summed E-state index contributed by atoms with van der Waals surface area (Å²) in [6, 6.07) is 29.5. The zero-order chi connectivity index (χ0) is 21.5. The largest absolute Gasteiger partial charge is 4.00 e. The minimum Gasteiger partial charge on any atom is -0.358 e. The van der Waals surface area contributed by atoms with Gasteiger partial charge in [0.1, 0.15) is 8.07 Å². The molecular formula is C32H40SiTi. The van der Waals surface area contributed by atoms with E-state index in [0.717, 1.165) is 0 Å². The molecule has 1 aliphatic carbocycles. The molecule has 1 unspecified atom stereocenters. The zero-order valence-corrected chi connectivity index (χ0v) is 25.1. The van der Waals surface area contributed by atoms with Gasteiger partial charge in [-0.1, -0.05) is 116 Å². The fourth-order valence-electron chi connectivity index (χ4n) is 5.43. The van der Waals surface area contributed by atoms with Crippen LogP contribution < -0.4 is 15.6 Å².